The third-order valence-electron chi connectivity index (χ3n) is 4.93. The van der Waals surface area contributed by atoms with Gasteiger partial charge in [0, 0.05) is 24.8 Å². The third-order valence-corrected chi connectivity index (χ3v) is 4.93. The molecule has 0 saturated carbocycles. The number of piperidine rings is 1. The summed E-state index contributed by atoms with van der Waals surface area (Å²) in [6.45, 7) is 5.16. The van der Waals surface area contributed by atoms with E-state index in [2.05, 4.69) is 10.6 Å². The smallest absolute Gasteiger partial charge is 0.321 e. The van der Waals surface area contributed by atoms with Crippen LogP contribution in [0, 0.1) is 13.8 Å². The summed E-state index contributed by atoms with van der Waals surface area (Å²) >= 11 is 0. The van der Waals surface area contributed by atoms with Crippen LogP contribution < -0.4 is 15.4 Å². The molecule has 1 aliphatic heterocycles. The number of para-hydroxylation sites is 2. The summed E-state index contributed by atoms with van der Waals surface area (Å²) in [7, 11) is 0. The number of amides is 3. The van der Waals surface area contributed by atoms with Crippen molar-refractivity contribution >= 4 is 17.6 Å². The third kappa shape index (κ3) is 5.25. The number of urea groups is 1. The van der Waals surface area contributed by atoms with Gasteiger partial charge in [0.2, 0.25) is 0 Å². The van der Waals surface area contributed by atoms with Gasteiger partial charge in [0.25, 0.3) is 5.91 Å². The first-order valence-corrected chi connectivity index (χ1v) is 9.62. The quantitative estimate of drug-likeness (QED) is 0.833. The standard InChI is InChI=1S/C22H27N3O3/c1-16-7-6-8-17(2)21(16)28-15-20(26)23-19-11-13-25(14-12-19)22(27)24-18-9-4-3-5-10-18/h3-10,19H,11-15H2,1-2H3,(H,23,26)(H,24,27). The van der Waals surface area contributed by atoms with Gasteiger partial charge < -0.3 is 20.3 Å². The lowest BCUT2D eigenvalue weighted by Gasteiger charge is -2.32. The SMILES string of the molecule is Cc1cccc(C)c1OCC(=O)NC1CCN(C(=O)Nc2ccccc2)CC1. The predicted molar refractivity (Wildman–Crippen MR) is 110 cm³/mol. The minimum atomic E-state index is -0.130. The summed E-state index contributed by atoms with van der Waals surface area (Å²) in [4.78, 5) is 26.3. The number of rotatable bonds is 5. The van der Waals surface area contributed by atoms with Crippen LogP contribution in [0.3, 0.4) is 0 Å². The molecule has 1 heterocycles. The van der Waals surface area contributed by atoms with E-state index in [-0.39, 0.29) is 24.6 Å². The molecule has 2 N–H and O–H groups in total. The lowest BCUT2D eigenvalue weighted by atomic mass is 10.1. The van der Waals surface area contributed by atoms with Gasteiger partial charge in [-0.05, 0) is 49.9 Å². The Bertz CT molecular complexity index is 795. The highest BCUT2D eigenvalue weighted by Gasteiger charge is 2.24. The maximum atomic E-state index is 12.3. The normalized spacial score (nSPS) is 14.4. The van der Waals surface area contributed by atoms with Gasteiger partial charge in [-0.15, -0.1) is 0 Å². The van der Waals surface area contributed by atoms with Crippen LogP contribution in [0.1, 0.15) is 24.0 Å². The van der Waals surface area contributed by atoms with Gasteiger partial charge in [0.1, 0.15) is 5.75 Å². The van der Waals surface area contributed by atoms with Gasteiger partial charge in [-0.25, -0.2) is 4.79 Å². The van der Waals surface area contributed by atoms with Gasteiger partial charge in [0.05, 0.1) is 0 Å². The molecule has 6 nitrogen and oxygen atoms in total. The maximum absolute atomic E-state index is 12.3. The van der Waals surface area contributed by atoms with Crippen LogP contribution in [0.25, 0.3) is 0 Å². The van der Waals surface area contributed by atoms with Crippen molar-refractivity contribution in [3.05, 3.63) is 59.7 Å². The molecule has 1 fully saturated rings. The van der Waals surface area contributed by atoms with E-state index in [1.807, 2.05) is 62.4 Å². The molecule has 2 aromatic rings. The Labute approximate surface area is 165 Å². The van der Waals surface area contributed by atoms with Crippen molar-refractivity contribution in [1.82, 2.24) is 10.2 Å². The van der Waals surface area contributed by atoms with Crippen molar-refractivity contribution in [2.75, 3.05) is 25.0 Å². The van der Waals surface area contributed by atoms with E-state index in [4.69, 9.17) is 4.74 Å². The Morgan fingerprint density at radius 2 is 1.64 bits per heavy atom. The highest BCUT2D eigenvalue weighted by molar-refractivity contribution is 5.89. The van der Waals surface area contributed by atoms with E-state index < -0.39 is 0 Å². The van der Waals surface area contributed by atoms with Gasteiger partial charge >= 0.3 is 6.03 Å². The van der Waals surface area contributed by atoms with E-state index in [9.17, 15) is 9.59 Å². The fourth-order valence-corrected chi connectivity index (χ4v) is 3.38. The molecule has 0 spiro atoms. The second-order valence-corrected chi connectivity index (χ2v) is 7.13. The summed E-state index contributed by atoms with van der Waals surface area (Å²) in [5, 5.41) is 5.91. The zero-order valence-electron chi connectivity index (χ0n) is 16.4. The van der Waals surface area contributed by atoms with Crippen molar-refractivity contribution in [3.63, 3.8) is 0 Å². The number of hydrogen-bond acceptors (Lipinski definition) is 3. The van der Waals surface area contributed by atoms with Gasteiger partial charge in [0.15, 0.2) is 6.61 Å². The molecular weight excluding hydrogens is 354 g/mol. The van der Waals surface area contributed by atoms with Crippen molar-refractivity contribution in [2.24, 2.45) is 0 Å². The maximum Gasteiger partial charge on any atom is 0.321 e. The topological polar surface area (TPSA) is 70.7 Å². The average Bonchev–Trinajstić information content (AvgIpc) is 2.69. The van der Waals surface area contributed by atoms with Crippen LogP contribution >= 0.6 is 0 Å². The number of benzene rings is 2. The molecule has 148 valence electrons. The van der Waals surface area contributed by atoms with Crippen LogP contribution in [0.2, 0.25) is 0 Å². The Balaban J connectivity index is 1.41. The molecule has 1 aliphatic rings. The number of nitrogens with zero attached hydrogens (tertiary/aromatic N) is 1. The van der Waals surface area contributed by atoms with Crippen molar-refractivity contribution in [3.8, 4) is 5.75 Å². The molecule has 0 unspecified atom stereocenters. The van der Waals surface area contributed by atoms with E-state index in [1.54, 1.807) is 4.90 Å². The van der Waals surface area contributed by atoms with Gasteiger partial charge in [-0.3, -0.25) is 4.79 Å². The lowest BCUT2D eigenvalue weighted by molar-refractivity contribution is -0.124. The van der Waals surface area contributed by atoms with Crippen LogP contribution in [0.15, 0.2) is 48.5 Å². The minimum Gasteiger partial charge on any atom is -0.483 e. The Morgan fingerprint density at radius 1 is 1.00 bits per heavy atom. The van der Waals surface area contributed by atoms with Crippen molar-refractivity contribution in [1.29, 1.82) is 0 Å². The number of ether oxygens (including phenoxy) is 1. The number of hydrogen-bond donors (Lipinski definition) is 2. The molecule has 1 saturated heterocycles. The van der Waals surface area contributed by atoms with Crippen molar-refractivity contribution in [2.45, 2.75) is 32.7 Å². The largest absolute Gasteiger partial charge is 0.483 e. The van der Waals surface area contributed by atoms with E-state index in [0.29, 0.717) is 13.1 Å². The monoisotopic (exact) mass is 381 g/mol. The highest BCUT2D eigenvalue weighted by Crippen LogP contribution is 2.22. The Hall–Kier alpha value is -3.02. The summed E-state index contributed by atoms with van der Waals surface area (Å²) in [5.41, 5.74) is 2.82. The summed E-state index contributed by atoms with van der Waals surface area (Å²) < 4.78 is 5.71. The first-order valence-electron chi connectivity index (χ1n) is 9.62. The summed E-state index contributed by atoms with van der Waals surface area (Å²) in [6.07, 6.45) is 1.47. The van der Waals surface area contributed by atoms with Gasteiger partial charge in [-0.1, -0.05) is 36.4 Å². The Morgan fingerprint density at radius 3 is 2.29 bits per heavy atom. The van der Waals surface area contributed by atoms with Crippen LogP contribution in [0.4, 0.5) is 10.5 Å². The van der Waals surface area contributed by atoms with E-state index in [1.165, 1.54) is 0 Å². The van der Waals surface area contributed by atoms with Crippen LogP contribution in [0.5, 0.6) is 5.75 Å². The molecule has 0 aromatic heterocycles. The number of carbonyl (C=O) groups is 2. The summed E-state index contributed by atoms with van der Waals surface area (Å²) in [5.74, 6) is 0.639. The van der Waals surface area contributed by atoms with Gasteiger partial charge in [-0.2, -0.15) is 0 Å². The molecule has 0 atom stereocenters. The number of likely N-dealkylation sites (tertiary alicyclic amines) is 1. The number of anilines is 1. The molecule has 0 aliphatic carbocycles. The lowest BCUT2D eigenvalue weighted by Crippen LogP contribution is -2.48. The molecule has 6 heteroatoms. The van der Waals surface area contributed by atoms with E-state index in [0.717, 1.165) is 35.4 Å². The Kier molecular flexibility index (Phi) is 6.53. The zero-order chi connectivity index (χ0) is 19.9. The first kappa shape index (κ1) is 19.7. The second kappa shape index (κ2) is 9.26. The first-order chi connectivity index (χ1) is 13.5. The minimum absolute atomic E-state index is 0.000398. The molecular formula is C22H27N3O3. The predicted octanol–water partition coefficient (Wildman–Crippen LogP) is 3.49. The molecule has 3 amide bonds. The second-order valence-electron chi connectivity index (χ2n) is 7.13. The zero-order valence-corrected chi connectivity index (χ0v) is 16.4. The number of aryl methyl sites for hydroxylation is 2. The summed E-state index contributed by atoms with van der Waals surface area (Å²) in [6, 6.07) is 15.3. The highest BCUT2D eigenvalue weighted by atomic mass is 16.5. The average molecular weight is 381 g/mol. The molecule has 3 rings (SSSR count). The molecule has 0 bridgehead atoms. The van der Waals surface area contributed by atoms with Crippen LogP contribution in [-0.2, 0) is 4.79 Å². The molecule has 2 aromatic carbocycles. The fourth-order valence-electron chi connectivity index (χ4n) is 3.38. The fraction of sp³-hybridized carbons (Fsp3) is 0.364. The number of carbonyl (C=O) groups excluding carboxylic acids is 2. The van der Waals surface area contributed by atoms with Crippen molar-refractivity contribution < 1.29 is 14.3 Å². The number of nitrogens with one attached hydrogen (secondary N) is 2. The molecule has 0 radical (unpaired) electrons. The van der Waals surface area contributed by atoms with Crippen LogP contribution in [-0.4, -0.2) is 42.6 Å². The van der Waals surface area contributed by atoms with E-state index >= 15 is 0 Å². The molecule has 28 heavy (non-hydrogen) atoms.